The van der Waals surface area contributed by atoms with Crippen LogP contribution in [0.2, 0.25) is 0 Å². The SMILES string of the molecule is C[C@@H]1CN(CC(=O)N2CC(C)(C)c3c2cc(Cc2ccc(F)cc2F)c(=O)n3C)[C@@H](CN2CCOC[C@H]2C)CN1. The van der Waals surface area contributed by atoms with E-state index < -0.39 is 17.0 Å². The third kappa shape index (κ3) is 5.72. The van der Waals surface area contributed by atoms with E-state index in [4.69, 9.17) is 4.74 Å². The largest absolute Gasteiger partial charge is 0.379 e. The number of carbonyl (C=O) groups is 1. The summed E-state index contributed by atoms with van der Waals surface area (Å²) in [5.74, 6) is -1.37. The van der Waals surface area contributed by atoms with Gasteiger partial charge in [0.1, 0.15) is 11.6 Å². The molecule has 40 heavy (non-hydrogen) atoms. The topological polar surface area (TPSA) is 70.1 Å². The van der Waals surface area contributed by atoms with Gasteiger partial charge in [-0.15, -0.1) is 0 Å². The van der Waals surface area contributed by atoms with Gasteiger partial charge in [0, 0.05) is 81.4 Å². The van der Waals surface area contributed by atoms with Crippen LogP contribution in [0.25, 0.3) is 0 Å². The Hall–Kier alpha value is -2.66. The summed E-state index contributed by atoms with van der Waals surface area (Å²) < 4.78 is 35.1. The smallest absolute Gasteiger partial charge is 0.254 e. The molecule has 2 fully saturated rings. The number of carbonyl (C=O) groups excluding carboxylic acids is 1. The van der Waals surface area contributed by atoms with Gasteiger partial charge in [0.05, 0.1) is 31.1 Å². The van der Waals surface area contributed by atoms with E-state index in [-0.39, 0.29) is 42.1 Å². The molecule has 0 saturated carbocycles. The van der Waals surface area contributed by atoms with Gasteiger partial charge >= 0.3 is 0 Å². The summed E-state index contributed by atoms with van der Waals surface area (Å²) in [6, 6.07) is 5.92. The maximum Gasteiger partial charge on any atom is 0.254 e. The van der Waals surface area contributed by atoms with Crippen LogP contribution in [0.1, 0.15) is 44.5 Å². The van der Waals surface area contributed by atoms with Crippen molar-refractivity contribution < 1.29 is 18.3 Å². The fourth-order valence-electron chi connectivity index (χ4n) is 6.53. The molecule has 2 saturated heterocycles. The number of ether oxygens (including phenoxy) is 1. The number of amides is 1. The standard InChI is InChI=1S/C30H41F2N5O3/c1-19-14-36(24(13-33-19)15-35-8-9-40-17-20(35)2)16-27(38)37-18-30(3,4)28-26(37)11-22(29(39)34(28)5)10-21-6-7-23(31)12-25(21)32/h6-7,11-12,19-20,24,33H,8-10,13-18H2,1-5H3/t19-,20-,24-/m1/s1. The number of hydrogen-bond acceptors (Lipinski definition) is 6. The predicted octanol–water partition coefficient (Wildman–Crippen LogP) is 2.26. The molecule has 5 rings (SSSR count). The number of halogens is 2. The molecule has 4 heterocycles. The first-order valence-corrected chi connectivity index (χ1v) is 14.2. The number of benzene rings is 1. The third-order valence-electron chi connectivity index (χ3n) is 8.67. The van der Waals surface area contributed by atoms with Crippen molar-refractivity contribution in [1.29, 1.82) is 0 Å². The summed E-state index contributed by atoms with van der Waals surface area (Å²) in [6.45, 7) is 13.9. The van der Waals surface area contributed by atoms with Crippen molar-refractivity contribution in [2.75, 3.05) is 57.4 Å². The highest BCUT2D eigenvalue weighted by Gasteiger charge is 2.42. The first-order valence-electron chi connectivity index (χ1n) is 14.2. The molecule has 218 valence electrons. The normalized spacial score (nSPS) is 25.3. The maximum absolute atomic E-state index is 14.5. The first kappa shape index (κ1) is 28.9. The van der Waals surface area contributed by atoms with Gasteiger partial charge in [0.25, 0.3) is 5.56 Å². The molecule has 1 aromatic heterocycles. The molecule has 3 aliphatic rings. The molecule has 3 atom stereocenters. The van der Waals surface area contributed by atoms with E-state index in [1.807, 2.05) is 13.8 Å². The van der Waals surface area contributed by atoms with Crippen LogP contribution in [-0.4, -0.2) is 90.9 Å². The number of anilines is 1. The molecular formula is C30H41F2N5O3. The minimum Gasteiger partial charge on any atom is -0.379 e. The number of hydrogen-bond donors (Lipinski definition) is 1. The van der Waals surface area contributed by atoms with Gasteiger partial charge < -0.3 is 19.5 Å². The number of nitrogens with zero attached hydrogens (tertiary/aromatic N) is 4. The van der Waals surface area contributed by atoms with E-state index in [2.05, 4.69) is 29.0 Å². The van der Waals surface area contributed by atoms with Crippen LogP contribution < -0.4 is 15.8 Å². The molecule has 8 nitrogen and oxygen atoms in total. The Morgan fingerprint density at radius 2 is 1.93 bits per heavy atom. The first-order chi connectivity index (χ1) is 18.9. The second-order valence-electron chi connectivity index (χ2n) is 12.4. The molecule has 0 spiro atoms. The predicted molar refractivity (Wildman–Crippen MR) is 151 cm³/mol. The number of aromatic nitrogens is 1. The fourth-order valence-corrected chi connectivity index (χ4v) is 6.53. The molecule has 0 radical (unpaired) electrons. The fraction of sp³-hybridized carbons (Fsp3) is 0.600. The summed E-state index contributed by atoms with van der Waals surface area (Å²) in [6.07, 6.45) is 0.0175. The van der Waals surface area contributed by atoms with Gasteiger partial charge in [-0.1, -0.05) is 19.9 Å². The zero-order chi connectivity index (χ0) is 28.8. The van der Waals surface area contributed by atoms with E-state index in [0.29, 0.717) is 23.8 Å². The van der Waals surface area contributed by atoms with Crippen molar-refractivity contribution in [3.8, 4) is 0 Å². The molecule has 2 aromatic rings. The molecule has 10 heteroatoms. The summed E-state index contributed by atoms with van der Waals surface area (Å²) in [7, 11) is 1.71. The number of rotatable bonds is 6. The summed E-state index contributed by atoms with van der Waals surface area (Å²) in [5, 5.41) is 3.57. The van der Waals surface area contributed by atoms with Gasteiger partial charge in [-0.3, -0.25) is 19.4 Å². The summed E-state index contributed by atoms with van der Waals surface area (Å²) in [5.41, 5.74) is 1.43. The van der Waals surface area contributed by atoms with Crippen LogP contribution in [0.5, 0.6) is 0 Å². The molecule has 3 aliphatic heterocycles. The van der Waals surface area contributed by atoms with Gasteiger partial charge in [0.15, 0.2) is 0 Å². The number of fused-ring (bicyclic) bond motifs is 1. The highest BCUT2D eigenvalue weighted by atomic mass is 19.1. The van der Waals surface area contributed by atoms with Crippen LogP contribution in [0.4, 0.5) is 14.5 Å². The van der Waals surface area contributed by atoms with Crippen molar-refractivity contribution in [3.05, 3.63) is 63.1 Å². The average molecular weight is 558 g/mol. The zero-order valence-electron chi connectivity index (χ0n) is 24.2. The van der Waals surface area contributed by atoms with Crippen LogP contribution in [-0.2, 0) is 28.4 Å². The Balaban J connectivity index is 1.41. The quantitative estimate of drug-likeness (QED) is 0.588. The van der Waals surface area contributed by atoms with Gasteiger partial charge in [-0.05, 0) is 31.5 Å². The van der Waals surface area contributed by atoms with E-state index >= 15 is 0 Å². The van der Waals surface area contributed by atoms with Crippen molar-refractivity contribution in [3.63, 3.8) is 0 Å². The van der Waals surface area contributed by atoms with Crippen molar-refractivity contribution in [1.82, 2.24) is 19.7 Å². The van der Waals surface area contributed by atoms with Gasteiger partial charge in [-0.2, -0.15) is 0 Å². The minimum absolute atomic E-state index is 0.0153. The lowest BCUT2D eigenvalue weighted by atomic mass is 9.90. The average Bonchev–Trinajstić information content (AvgIpc) is 3.17. The molecular weight excluding hydrogens is 516 g/mol. The molecule has 1 aromatic carbocycles. The van der Waals surface area contributed by atoms with Crippen LogP contribution in [0.3, 0.4) is 0 Å². The highest BCUT2D eigenvalue weighted by molar-refractivity contribution is 5.97. The minimum atomic E-state index is -0.690. The van der Waals surface area contributed by atoms with Crippen LogP contribution >= 0.6 is 0 Å². The Bertz CT molecular complexity index is 1330. The second-order valence-corrected chi connectivity index (χ2v) is 12.4. The Labute approximate surface area is 234 Å². The number of piperazine rings is 1. The van der Waals surface area contributed by atoms with E-state index in [9.17, 15) is 18.4 Å². The molecule has 0 aliphatic carbocycles. The molecule has 1 amide bonds. The van der Waals surface area contributed by atoms with Crippen molar-refractivity contribution >= 4 is 11.6 Å². The summed E-state index contributed by atoms with van der Waals surface area (Å²) >= 11 is 0. The lowest BCUT2D eigenvalue weighted by Crippen LogP contribution is -2.62. The lowest BCUT2D eigenvalue weighted by Gasteiger charge is -2.43. The third-order valence-corrected chi connectivity index (χ3v) is 8.67. The Kier molecular flexibility index (Phi) is 8.16. The van der Waals surface area contributed by atoms with Crippen LogP contribution in [0, 0.1) is 11.6 Å². The molecule has 0 bridgehead atoms. The van der Waals surface area contributed by atoms with Gasteiger partial charge in [-0.25, -0.2) is 8.78 Å². The molecule has 1 N–H and O–H groups in total. The van der Waals surface area contributed by atoms with E-state index in [0.717, 1.165) is 51.2 Å². The number of pyridine rings is 1. The van der Waals surface area contributed by atoms with Crippen LogP contribution in [0.15, 0.2) is 29.1 Å². The van der Waals surface area contributed by atoms with E-state index in [1.54, 1.807) is 22.6 Å². The highest BCUT2D eigenvalue weighted by Crippen LogP contribution is 2.40. The number of morpholine rings is 1. The lowest BCUT2D eigenvalue weighted by molar-refractivity contribution is -0.121. The second kappa shape index (κ2) is 11.3. The Morgan fingerprint density at radius 3 is 2.65 bits per heavy atom. The molecule has 0 unspecified atom stereocenters. The van der Waals surface area contributed by atoms with Gasteiger partial charge in [0.2, 0.25) is 5.91 Å². The maximum atomic E-state index is 14.5. The summed E-state index contributed by atoms with van der Waals surface area (Å²) in [4.78, 5) is 33.8. The van der Waals surface area contributed by atoms with Crippen molar-refractivity contribution in [2.24, 2.45) is 7.05 Å². The number of nitrogens with one attached hydrogen (secondary N) is 1. The van der Waals surface area contributed by atoms with Crippen molar-refractivity contribution in [2.45, 2.75) is 57.7 Å². The Morgan fingerprint density at radius 1 is 1.15 bits per heavy atom. The van der Waals surface area contributed by atoms with E-state index in [1.165, 1.54) is 12.1 Å². The monoisotopic (exact) mass is 557 g/mol. The zero-order valence-corrected chi connectivity index (χ0v) is 24.2.